The molecule has 1 atom stereocenters. The van der Waals surface area contributed by atoms with Gasteiger partial charge in [0, 0.05) is 6.04 Å². The molecule has 0 radical (unpaired) electrons. The Bertz CT molecular complexity index is 1120. The van der Waals surface area contributed by atoms with Crippen LogP contribution in [0, 0.1) is 5.82 Å². The minimum atomic E-state index is -0.799. The predicted octanol–water partition coefficient (Wildman–Crippen LogP) is 2.11. The molecule has 0 aliphatic carbocycles. The summed E-state index contributed by atoms with van der Waals surface area (Å²) in [7, 11) is 0. The van der Waals surface area contributed by atoms with Gasteiger partial charge in [-0.25, -0.2) is 9.18 Å². The van der Waals surface area contributed by atoms with Crippen molar-refractivity contribution in [2.75, 3.05) is 0 Å². The van der Waals surface area contributed by atoms with Crippen LogP contribution < -0.4 is 16.6 Å². The molecule has 8 heteroatoms. The number of nitrogens with zero attached hydrogens (tertiary/aromatic N) is 3. The number of hydrogen-bond acceptors (Lipinski definition) is 4. The van der Waals surface area contributed by atoms with Gasteiger partial charge in [0.1, 0.15) is 5.82 Å². The van der Waals surface area contributed by atoms with Crippen molar-refractivity contribution in [3.63, 3.8) is 0 Å². The van der Waals surface area contributed by atoms with E-state index < -0.39 is 23.0 Å². The highest BCUT2D eigenvalue weighted by Crippen LogP contribution is 2.05. The number of aromatic nitrogens is 3. The van der Waals surface area contributed by atoms with E-state index in [4.69, 9.17) is 0 Å². The molecule has 3 rings (SSSR count). The molecule has 1 heterocycles. The summed E-state index contributed by atoms with van der Waals surface area (Å²) >= 11 is 0. The third-order valence-electron chi connectivity index (χ3n) is 4.52. The summed E-state index contributed by atoms with van der Waals surface area (Å²) in [6.07, 6.45) is 0.674. The first-order valence-electron chi connectivity index (χ1n) is 9.25. The maximum atomic E-state index is 13.2. The Kier molecular flexibility index (Phi) is 6.01. The minimum Gasteiger partial charge on any atom is -0.348 e. The van der Waals surface area contributed by atoms with Gasteiger partial charge < -0.3 is 5.32 Å². The summed E-state index contributed by atoms with van der Waals surface area (Å²) in [5.41, 5.74) is -0.901. The van der Waals surface area contributed by atoms with Crippen molar-refractivity contribution in [2.45, 2.75) is 32.9 Å². The Morgan fingerprint density at radius 3 is 2.38 bits per heavy atom. The smallest absolute Gasteiger partial charge is 0.348 e. The van der Waals surface area contributed by atoms with Crippen molar-refractivity contribution >= 4 is 5.91 Å². The maximum absolute atomic E-state index is 13.2. The van der Waals surface area contributed by atoms with E-state index in [1.54, 1.807) is 30.3 Å². The molecule has 0 saturated heterocycles. The molecule has 2 aromatic carbocycles. The van der Waals surface area contributed by atoms with Crippen LogP contribution in [-0.4, -0.2) is 26.3 Å². The molecule has 1 aromatic heterocycles. The average molecular weight is 396 g/mol. The third-order valence-corrected chi connectivity index (χ3v) is 4.52. The Morgan fingerprint density at radius 2 is 1.76 bits per heavy atom. The summed E-state index contributed by atoms with van der Waals surface area (Å²) in [5, 5.41) is 6.75. The van der Waals surface area contributed by atoms with Gasteiger partial charge in [0.05, 0.1) is 12.2 Å². The van der Waals surface area contributed by atoms with Crippen molar-refractivity contribution in [1.29, 1.82) is 0 Å². The molecule has 29 heavy (non-hydrogen) atoms. The molecule has 0 unspecified atom stereocenters. The fourth-order valence-electron chi connectivity index (χ4n) is 2.70. The van der Waals surface area contributed by atoms with Gasteiger partial charge in [-0.1, -0.05) is 37.3 Å². The standard InChI is InChI=1S/C21H21FN4O3/c1-3-14(2)23-19(27)18-20(28)25(13-15-9-11-16(22)12-10-15)21(29)26(24-18)17-7-5-4-6-8-17/h4-12,14H,3,13H2,1-2H3,(H,23,27)/t14-/m0/s1. The molecule has 0 aliphatic heterocycles. The van der Waals surface area contributed by atoms with Crippen LogP contribution in [0.3, 0.4) is 0 Å². The Hall–Kier alpha value is -3.55. The highest BCUT2D eigenvalue weighted by Gasteiger charge is 2.21. The molecule has 0 bridgehead atoms. The summed E-state index contributed by atoms with van der Waals surface area (Å²) in [4.78, 5) is 38.5. The number of para-hydroxylation sites is 1. The van der Waals surface area contributed by atoms with E-state index in [-0.39, 0.29) is 18.3 Å². The zero-order chi connectivity index (χ0) is 21.0. The number of amides is 1. The van der Waals surface area contributed by atoms with Gasteiger partial charge in [-0.05, 0) is 43.2 Å². The van der Waals surface area contributed by atoms with Crippen LogP contribution in [0.2, 0.25) is 0 Å². The summed E-state index contributed by atoms with van der Waals surface area (Å²) < 4.78 is 15.2. The zero-order valence-electron chi connectivity index (χ0n) is 16.1. The van der Waals surface area contributed by atoms with Crippen LogP contribution in [0.1, 0.15) is 36.3 Å². The molecule has 0 fully saturated rings. The van der Waals surface area contributed by atoms with Crippen LogP contribution in [-0.2, 0) is 6.54 Å². The molecule has 150 valence electrons. The highest BCUT2D eigenvalue weighted by molar-refractivity contribution is 5.91. The molecule has 0 saturated carbocycles. The third kappa shape index (κ3) is 4.48. The number of rotatable bonds is 6. The van der Waals surface area contributed by atoms with Gasteiger partial charge in [0.2, 0.25) is 5.69 Å². The Balaban J connectivity index is 2.16. The normalized spacial score (nSPS) is 11.8. The lowest BCUT2D eigenvalue weighted by molar-refractivity contribution is 0.0929. The van der Waals surface area contributed by atoms with E-state index in [1.807, 2.05) is 13.8 Å². The van der Waals surface area contributed by atoms with Crippen molar-refractivity contribution in [1.82, 2.24) is 19.7 Å². The number of carbonyl (C=O) groups excluding carboxylic acids is 1. The van der Waals surface area contributed by atoms with Gasteiger partial charge in [0.25, 0.3) is 11.5 Å². The molecule has 0 aliphatic rings. The fraction of sp³-hybridized carbons (Fsp3) is 0.238. The number of benzene rings is 2. The topological polar surface area (TPSA) is 86.0 Å². The van der Waals surface area contributed by atoms with Crippen molar-refractivity contribution < 1.29 is 9.18 Å². The number of hydrogen-bond donors (Lipinski definition) is 1. The Morgan fingerprint density at radius 1 is 1.10 bits per heavy atom. The molecular weight excluding hydrogens is 375 g/mol. The molecule has 1 N–H and O–H groups in total. The molecular formula is C21H21FN4O3. The summed E-state index contributed by atoms with van der Waals surface area (Å²) in [6.45, 7) is 3.59. The second kappa shape index (κ2) is 8.64. The quantitative estimate of drug-likeness (QED) is 0.692. The fourth-order valence-corrected chi connectivity index (χ4v) is 2.70. The highest BCUT2D eigenvalue weighted by atomic mass is 19.1. The first-order valence-corrected chi connectivity index (χ1v) is 9.25. The van der Waals surface area contributed by atoms with E-state index in [0.717, 1.165) is 9.25 Å². The van der Waals surface area contributed by atoms with Gasteiger partial charge in [0.15, 0.2) is 0 Å². The van der Waals surface area contributed by atoms with E-state index in [1.165, 1.54) is 24.3 Å². The Labute approximate surface area is 166 Å². The van der Waals surface area contributed by atoms with Gasteiger partial charge in [-0.2, -0.15) is 9.78 Å². The summed E-state index contributed by atoms with van der Waals surface area (Å²) in [6, 6.07) is 13.8. The largest absolute Gasteiger partial charge is 0.352 e. The van der Waals surface area contributed by atoms with Crippen LogP contribution >= 0.6 is 0 Å². The molecule has 3 aromatic rings. The lowest BCUT2D eigenvalue weighted by atomic mass is 10.2. The first kappa shape index (κ1) is 20.2. The maximum Gasteiger partial charge on any atom is 0.352 e. The first-order chi connectivity index (χ1) is 13.9. The van der Waals surface area contributed by atoms with Crippen LogP contribution in [0.4, 0.5) is 4.39 Å². The van der Waals surface area contributed by atoms with Gasteiger partial charge >= 0.3 is 5.69 Å². The molecule has 1 amide bonds. The average Bonchev–Trinajstić information content (AvgIpc) is 2.73. The van der Waals surface area contributed by atoms with Crippen LogP contribution in [0.5, 0.6) is 0 Å². The second-order valence-electron chi connectivity index (χ2n) is 6.68. The van der Waals surface area contributed by atoms with Gasteiger partial charge in [-0.3, -0.25) is 14.2 Å². The van der Waals surface area contributed by atoms with E-state index in [9.17, 15) is 18.8 Å². The number of nitrogens with one attached hydrogen (secondary N) is 1. The van der Waals surface area contributed by atoms with Crippen LogP contribution in [0.15, 0.2) is 64.2 Å². The summed E-state index contributed by atoms with van der Waals surface area (Å²) in [5.74, 6) is -1.08. The molecule has 7 nitrogen and oxygen atoms in total. The van der Waals surface area contributed by atoms with Crippen molar-refractivity contribution in [3.8, 4) is 5.69 Å². The van der Waals surface area contributed by atoms with Crippen molar-refractivity contribution in [2.24, 2.45) is 0 Å². The number of halogens is 1. The van der Waals surface area contributed by atoms with E-state index in [0.29, 0.717) is 17.7 Å². The minimum absolute atomic E-state index is 0.114. The molecule has 0 spiro atoms. The van der Waals surface area contributed by atoms with Gasteiger partial charge in [-0.15, -0.1) is 0 Å². The van der Waals surface area contributed by atoms with E-state index >= 15 is 0 Å². The lowest BCUT2D eigenvalue weighted by Gasteiger charge is -2.14. The number of carbonyl (C=O) groups is 1. The monoisotopic (exact) mass is 396 g/mol. The SMILES string of the molecule is CC[C@H](C)NC(=O)c1nn(-c2ccccc2)c(=O)n(Cc2ccc(F)cc2)c1=O. The van der Waals surface area contributed by atoms with E-state index in [2.05, 4.69) is 10.4 Å². The second-order valence-corrected chi connectivity index (χ2v) is 6.68. The van der Waals surface area contributed by atoms with Crippen molar-refractivity contribution in [3.05, 3.63) is 92.5 Å². The zero-order valence-corrected chi connectivity index (χ0v) is 16.1. The lowest BCUT2D eigenvalue weighted by Crippen LogP contribution is -2.47. The predicted molar refractivity (Wildman–Crippen MR) is 107 cm³/mol. The van der Waals surface area contributed by atoms with Crippen LogP contribution in [0.25, 0.3) is 5.69 Å².